The summed E-state index contributed by atoms with van der Waals surface area (Å²) in [5, 5.41) is 6.81. The Hall–Kier alpha value is -3.97. The van der Waals surface area contributed by atoms with Gasteiger partial charge in [0.2, 0.25) is 0 Å². The van der Waals surface area contributed by atoms with Crippen LogP contribution in [0.25, 0.3) is 0 Å². The Balaban J connectivity index is 1.68. The number of hydrazone groups is 1. The van der Waals surface area contributed by atoms with E-state index < -0.39 is 17.8 Å². The molecule has 0 heterocycles. The molecule has 0 bridgehead atoms. The van der Waals surface area contributed by atoms with Crippen LogP contribution in [-0.2, 0) is 9.59 Å². The summed E-state index contributed by atoms with van der Waals surface area (Å²) in [7, 11) is 0. The van der Waals surface area contributed by atoms with Gasteiger partial charge in [-0.3, -0.25) is 9.59 Å². The molecule has 2 amide bonds. The van der Waals surface area contributed by atoms with Crippen molar-refractivity contribution >= 4 is 40.8 Å². The zero-order valence-corrected chi connectivity index (χ0v) is 17.2. The predicted molar refractivity (Wildman–Crippen MR) is 118 cm³/mol. The quantitative estimate of drug-likeness (QED) is 0.208. The summed E-state index contributed by atoms with van der Waals surface area (Å²) in [5.41, 5.74) is 3.81. The number of carbonyl (C=O) groups excluding carboxylic acids is 3. The molecule has 3 rings (SSSR count). The van der Waals surface area contributed by atoms with Crippen molar-refractivity contribution in [1.82, 2.24) is 5.43 Å². The molecule has 0 saturated heterocycles. The van der Waals surface area contributed by atoms with Crippen molar-refractivity contribution in [2.45, 2.75) is 6.92 Å². The van der Waals surface area contributed by atoms with E-state index in [9.17, 15) is 14.4 Å². The van der Waals surface area contributed by atoms with Gasteiger partial charge in [-0.2, -0.15) is 5.10 Å². The van der Waals surface area contributed by atoms with E-state index in [1.807, 2.05) is 0 Å². The van der Waals surface area contributed by atoms with Crippen LogP contribution >= 0.6 is 11.6 Å². The molecule has 31 heavy (non-hydrogen) atoms. The van der Waals surface area contributed by atoms with Crippen molar-refractivity contribution in [3.05, 3.63) is 95.0 Å². The SMILES string of the molecule is CC(=NNC(=O)C(=O)Nc1cccc(Cl)c1)c1ccccc1OC(=O)c1ccccc1. The Morgan fingerprint density at radius 2 is 1.58 bits per heavy atom. The number of halogens is 1. The zero-order valence-electron chi connectivity index (χ0n) is 16.5. The number of ether oxygens (including phenoxy) is 1. The molecule has 7 nitrogen and oxygen atoms in total. The van der Waals surface area contributed by atoms with Gasteiger partial charge in [0.25, 0.3) is 0 Å². The van der Waals surface area contributed by atoms with Crippen LogP contribution in [0.15, 0.2) is 84.0 Å². The summed E-state index contributed by atoms with van der Waals surface area (Å²) in [4.78, 5) is 36.5. The summed E-state index contributed by atoms with van der Waals surface area (Å²) in [6, 6.07) is 21.7. The minimum absolute atomic E-state index is 0.273. The van der Waals surface area contributed by atoms with E-state index in [0.29, 0.717) is 27.5 Å². The van der Waals surface area contributed by atoms with Gasteiger partial charge in [-0.15, -0.1) is 0 Å². The van der Waals surface area contributed by atoms with Crippen molar-refractivity contribution in [3.63, 3.8) is 0 Å². The van der Waals surface area contributed by atoms with Crippen LogP contribution in [0.1, 0.15) is 22.8 Å². The summed E-state index contributed by atoms with van der Waals surface area (Å²) >= 11 is 5.86. The standard InChI is InChI=1S/C23H18ClN3O4/c1-15(26-27-22(29)21(28)25-18-11-7-10-17(24)14-18)19-12-5-6-13-20(19)31-23(30)16-8-3-2-4-9-16/h2-14H,1H3,(H,25,28)(H,27,29). The Kier molecular flexibility index (Phi) is 7.13. The molecule has 0 aliphatic rings. The molecule has 8 heteroatoms. The van der Waals surface area contributed by atoms with E-state index in [2.05, 4.69) is 15.8 Å². The number of esters is 1. The van der Waals surface area contributed by atoms with E-state index in [1.54, 1.807) is 79.7 Å². The first-order valence-corrected chi connectivity index (χ1v) is 9.59. The third-order valence-corrected chi connectivity index (χ3v) is 4.34. The largest absolute Gasteiger partial charge is 0.422 e. The third-order valence-electron chi connectivity index (χ3n) is 4.10. The lowest BCUT2D eigenvalue weighted by Gasteiger charge is -2.10. The number of nitrogens with one attached hydrogen (secondary N) is 2. The van der Waals surface area contributed by atoms with Crippen molar-refractivity contribution in [3.8, 4) is 5.75 Å². The molecule has 0 fully saturated rings. The Morgan fingerprint density at radius 3 is 2.32 bits per heavy atom. The summed E-state index contributed by atoms with van der Waals surface area (Å²) in [5.74, 6) is -2.11. The van der Waals surface area contributed by atoms with E-state index >= 15 is 0 Å². The molecule has 2 N–H and O–H groups in total. The van der Waals surface area contributed by atoms with Gasteiger partial charge in [-0.05, 0) is 49.4 Å². The van der Waals surface area contributed by atoms with Crippen LogP contribution in [0.3, 0.4) is 0 Å². The van der Waals surface area contributed by atoms with Gasteiger partial charge < -0.3 is 10.1 Å². The number of benzene rings is 3. The molecule has 0 aliphatic heterocycles. The number of rotatable bonds is 5. The topological polar surface area (TPSA) is 96.9 Å². The van der Waals surface area contributed by atoms with E-state index in [1.165, 1.54) is 6.07 Å². The highest BCUT2D eigenvalue weighted by Crippen LogP contribution is 2.20. The molecule has 0 saturated carbocycles. The lowest BCUT2D eigenvalue weighted by atomic mass is 10.1. The summed E-state index contributed by atoms with van der Waals surface area (Å²) in [6.07, 6.45) is 0. The molecule has 156 valence electrons. The molecule has 3 aromatic carbocycles. The van der Waals surface area contributed by atoms with E-state index in [4.69, 9.17) is 16.3 Å². The van der Waals surface area contributed by atoms with Gasteiger partial charge in [0, 0.05) is 16.3 Å². The maximum atomic E-state index is 12.3. The number of anilines is 1. The molecule has 0 radical (unpaired) electrons. The minimum Gasteiger partial charge on any atom is -0.422 e. The van der Waals surface area contributed by atoms with Crippen molar-refractivity contribution in [1.29, 1.82) is 0 Å². The Morgan fingerprint density at radius 1 is 0.871 bits per heavy atom. The van der Waals surface area contributed by atoms with Gasteiger partial charge in [0.15, 0.2) is 0 Å². The Bertz CT molecular complexity index is 1150. The van der Waals surface area contributed by atoms with Crippen molar-refractivity contribution in [2.24, 2.45) is 5.10 Å². The smallest absolute Gasteiger partial charge is 0.343 e. The van der Waals surface area contributed by atoms with E-state index in [0.717, 1.165) is 0 Å². The predicted octanol–water partition coefficient (Wildman–Crippen LogP) is 4.04. The normalized spacial score (nSPS) is 10.8. The van der Waals surface area contributed by atoms with Crippen LogP contribution in [0, 0.1) is 0 Å². The highest BCUT2D eigenvalue weighted by molar-refractivity contribution is 6.40. The molecule has 0 atom stereocenters. The first kappa shape index (κ1) is 21.7. The number of para-hydroxylation sites is 1. The first-order valence-electron chi connectivity index (χ1n) is 9.22. The van der Waals surface area contributed by atoms with Gasteiger partial charge in [-0.25, -0.2) is 10.2 Å². The van der Waals surface area contributed by atoms with Gasteiger partial charge >= 0.3 is 17.8 Å². The molecule has 0 unspecified atom stereocenters. The summed E-state index contributed by atoms with van der Waals surface area (Å²) in [6.45, 7) is 1.62. The number of amides is 2. The molecule has 0 spiro atoms. The lowest BCUT2D eigenvalue weighted by Crippen LogP contribution is -2.33. The van der Waals surface area contributed by atoms with Gasteiger partial charge in [0.1, 0.15) is 5.75 Å². The average Bonchev–Trinajstić information content (AvgIpc) is 2.78. The highest BCUT2D eigenvalue weighted by Gasteiger charge is 2.15. The van der Waals surface area contributed by atoms with Crippen molar-refractivity contribution < 1.29 is 19.1 Å². The second-order valence-electron chi connectivity index (χ2n) is 6.35. The van der Waals surface area contributed by atoms with Crippen LogP contribution in [0.5, 0.6) is 5.75 Å². The lowest BCUT2D eigenvalue weighted by molar-refractivity contribution is -0.136. The Labute approximate surface area is 183 Å². The highest BCUT2D eigenvalue weighted by atomic mass is 35.5. The fraction of sp³-hybridized carbons (Fsp3) is 0.0435. The average molecular weight is 436 g/mol. The summed E-state index contributed by atoms with van der Waals surface area (Å²) < 4.78 is 5.47. The molecule has 0 aliphatic carbocycles. The van der Waals surface area contributed by atoms with E-state index in [-0.39, 0.29) is 5.75 Å². The van der Waals surface area contributed by atoms with Crippen LogP contribution < -0.4 is 15.5 Å². The fourth-order valence-corrected chi connectivity index (χ4v) is 2.78. The second kappa shape index (κ2) is 10.2. The number of nitrogens with zero attached hydrogens (tertiary/aromatic N) is 1. The van der Waals surface area contributed by atoms with Gasteiger partial charge in [-0.1, -0.05) is 48.0 Å². The zero-order chi connectivity index (χ0) is 22.2. The second-order valence-corrected chi connectivity index (χ2v) is 6.79. The maximum absolute atomic E-state index is 12.3. The number of hydrogen-bond donors (Lipinski definition) is 2. The van der Waals surface area contributed by atoms with Crippen molar-refractivity contribution in [2.75, 3.05) is 5.32 Å². The fourth-order valence-electron chi connectivity index (χ4n) is 2.59. The van der Waals surface area contributed by atoms with Crippen LogP contribution in [0.2, 0.25) is 5.02 Å². The monoisotopic (exact) mass is 435 g/mol. The number of hydrogen-bond acceptors (Lipinski definition) is 5. The van der Waals surface area contributed by atoms with Crippen LogP contribution in [-0.4, -0.2) is 23.5 Å². The third kappa shape index (κ3) is 6.01. The molecular weight excluding hydrogens is 418 g/mol. The van der Waals surface area contributed by atoms with Gasteiger partial charge in [0.05, 0.1) is 11.3 Å². The molecule has 3 aromatic rings. The van der Waals surface area contributed by atoms with Crippen LogP contribution in [0.4, 0.5) is 5.69 Å². The molecular formula is C23H18ClN3O4. The number of carbonyl (C=O) groups is 3. The maximum Gasteiger partial charge on any atom is 0.343 e. The molecule has 0 aromatic heterocycles. The first-order chi connectivity index (χ1) is 14.9. The minimum atomic E-state index is -0.960.